The number of carbonyl (C=O) groups excluding carboxylic acids is 4. The van der Waals surface area contributed by atoms with Crippen molar-refractivity contribution >= 4 is 52.3 Å². The molecule has 14 atom stereocenters. The van der Waals surface area contributed by atoms with Gasteiger partial charge in [0.15, 0.2) is 24.6 Å². The number of carbonyl (C=O) groups is 5. The highest BCUT2D eigenvalue weighted by Gasteiger charge is 2.59. The summed E-state index contributed by atoms with van der Waals surface area (Å²) in [5, 5.41) is 26.3. The van der Waals surface area contributed by atoms with Crippen LogP contribution in [0.1, 0.15) is 126 Å². The largest absolute Gasteiger partial charge is 0.509 e. The lowest BCUT2D eigenvalue weighted by Crippen LogP contribution is -2.60. The maximum Gasteiger partial charge on any atom is 0.509 e. The first-order valence-corrected chi connectivity index (χ1v) is 28.8. The number of pyridine rings is 2. The van der Waals surface area contributed by atoms with Gasteiger partial charge in [-0.2, -0.15) is 0 Å². The van der Waals surface area contributed by atoms with Crippen molar-refractivity contribution in [3.63, 3.8) is 0 Å². The van der Waals surface area contributed by atoms with Crippen LogP contribution in [0, 0.1) is 41.3 Å². The first-order chi connectivity index (χ1) is 39.8. The summed E-state index contributed by atoms with van der Waals surface area (Å²) in [6.45, 7) is 15.7. The fourth-order valence-corrected chi connectivity index (χ4v) is 12.6. The normalized spacial score (nSPS) is 32.1. The third-order valence-electron chi connectivity index (χ3n) is 17.4. The molecule has 0 unspecified atom stereocenters. The number of ether oxygens (including phenoxy) is 7. The van der Waals surface area contributed by atoms with Gasteiger partial charge in [-0.25, -0.2) is 14.0 Å². The van der Waals surface area contributed by atoms with E-state index in [1.165, 1.54) is 31.8 Å². The molecule has 3 aromatic rings. The van der Waals surface area contributed by atoms with E-state index in [0.29, 0.717) is 49.4 Å². The molecule has 5 aliphatic rings. The van der Waals surface area contributed by atoms with E-state index in [1.54, 1.807) is 45.3 Å². The van der Waals surface area contributed by atoms with E-state index in [2.05, 4.69) is 22.0 Å². The summed E-state index contributed by atoms with van der Waals surface area (Å²) in [6.07, 6.45) is -1.85. The Morgan fingerprint density at radius 2 is 1.71 bits per heavy atom. The first-order valence-electron chi connectivity index (χ1n) is 28.8. The van der Waals surface area contributed by atoms with Crippen LogP contribution in [0.5, 0.6) is 0 Å². The average Bonchev–Trinajstić information content (AvgIpc) is 3.36. The molecule has 1 amide bonds. The quantitative estimate of drug-likeness (QED) is 0.0572. The Labute approximate surface area is 488 Å². The zero-order valence-electron chi connectivity index (χ0n) is 49.7. The number of primary amides is 1. The van der Waals surface area contributed by atoms with Gasteiger partial charge in [-0.05, 0) is 92.1 Å². The number of hydrogen-bond acceptors (Lipinski definition) is 20. The molecule has 5 fully saturated rings. The number of hydrogen-bond donors (Lipinski definition) is 3. The summed E-state index contributed by atoms with van der Waals surface area (Å²) in [5.74, 6) is -1.75. The molecule has 4 aliphatic heterocycles. The summed E-state index contributed by atoms with van der Waals surface area (Å²) >= 11 is 0. The van der Waals surface area contributed by atoms with Crippen molar-refractivity contribution < 1.29 is 76.6 Å². The lowest BCUT2D eigenvalue weighted by molar-refractivity contribution is -0.301. The molecular formula is C60H80FN7O16. The number of cyclic esters (lactones) is 1. The van der Waals surface area contributed by atoms with Crippen LogP contribution in [0.3, 0.4) is 0 Å². The van der Waals surface area contributed by atoms with Crippen molar-refractivity contribution in [2.45, 2.75) is 160 Å². The van der Waals surface area contributed by atoms with Gasteiger partial charge in [0.1, 0.15) is 29.7 Å². The van der Waals surface area contributed by atoms with E-state index >= 15 is 4.39 Å². The molecule has 6 heterocycles. The number of benzene rings is 1. The highest BCUT2D eigenvalue weighted by molar-refractivity contribution is 5.94. The molecule has 0 bridgehead atoms. The average molecular weight is 1170 g/mol. The number of nitrogens with two attached hydrogens (primary N) is 1. The van der Waals surface area contributed by atoms with E-state index in [1.807, 2.05) is 49.6 Å². The molecule has 8 rings (SSSR count). The number of nitrogens with zero attached hydrogens (tertiary/aromatic N) is 6. The second kappa shape index (κ2) is 26.3. The van der Waals surface area contributed by atoms with Gasteiger partial charge in [0.05, 0.1) is 52.6 Å². The number of fused-ring (bicyclic) bond motifs is 2. The second-order valence-electron chi connectivity index (χ2n) is 23.7. The van der Waals surface area contributed by atoms with Crippen LogP contribution in [0.25, 0.3) is 10.9 Å². The summed E-state index contributed by atoms with van der Waals surface area (Å²) in [5.41, 5.74) is 3.08. The van der Waals surface area contributed by atoms with Gasteiger partial charge in [0, 0.05) is 99.2 Å². The van der Waals surface area contributed by atoms with E-state index in [0.717, 1.165) is 18.9 Å². The number of amides is 1. The minimum atomic E-state index is -1.57. The van der Waals surface area contributed by atoms with E-state index < -0.39 is 118 Å². The van der Waals surface area contributed by atoms with Crippen LogP contribution < -0.4 is 16.1 Å². The van der Waals surface area contributed by atoms with Crippen molar-refractivity contribution in [2.75, 3.05) is 65.4 Å². The summed E-state index contributed by atoms with van der Waals surface area (Å²) in [4.78, 5) is 95.3. The number of oxime groups is 1. The van der Waals surface area contributed by atoms with Crippen molar-refractivity contribution in [1.29, 1.82) is 0 Å². The van der Waals surface area contributed by atoms with E-state index in [9.17, 15) is 39.0 Å². The number of methoxy groups -OCH3 is 1. The number of piperazine rings is 1. The molecule has 4 N–H and O–H groups in total. The van der Waals surface area contributed by atoms with Crippen molar-refractivity contribution in [3.05, 3.63) is 69.5 Å². The Kier molecular flexibility index (Phi) is 19.8. The van der Waals surface area contributed by atoms with Gasteiger partial charge in [-0.15, -0.1) is 0 Å². The molecule has 1 aliphatic carbocycles. The number of carboxylic acids is 1. The number of aliphatic hydroxyl groups excluding tert-OH is 1. The number of halogens is 1. The highest BCUT2D eigenvalue weighted by Crippen LogP contribution is 2.44. The molecule has 1 saturated carbocycles. The molecule has 84 heavy (non-hydrogen) atoms. The SMILES string of the molecule is CC[C@H]1OC(=O)[C@H](C)[C@@H](OC(=O)CCN2CCN(c3cc4c(cc3F)c(=O)c(C(=O)O)cn4C3CC3)CC2)[C@H](C)[C@@H](O[C@@H]2O[C@H](C)C[C@H](N(C)C)[C@H]2O)[C@](C)(OC)C[C@@H](C)/C(=N\OCC#Cc2cncc(C(N)=O)c2)[C@H](C)[C@H]2OC(=O)O[C@@]21C. The fraction of sp³-hybridized carbons (Fsp3) is 0.633. The minimum absolute atomic E-state index is 0.00293. The zero-order chi connectivity index (χ0) is 61.1. The molecule has 24 heteroatoms. The lowest BCUT2D eigenvalue weighted by Gasteiger charge is -2.48. The predicted octanol–water partition coefficient (Wildman–Crippen LogP) is 5.30. The van der Waals surface area contributed by atoms with Crippen molar-refractivity contribution in [3.8, 4) is 11.8 Å². The van der Waals surface area contributed by atoms with Crippen LogP contribution >= 0.6 is 0 Å². The summed E-state index contributed by atoms with van der Waals surface area (Å²) < 4.78 is 62.3. The smallest absolute Gasteiger partial charge is 0.477 e. The van der Waals surface area contributed by atoms with Crippen LogP contribution in [0.2, 0.25) is 0 Å². The molecule has 0 radical (unpaired) electrons. The number of aromatic carboxylic acids is 1. The monoisotopic (exact) mass is 1170 g/mol. The van der Waals surface area contributed by atoms with Gasteiger partial charge in [0.25, 0.3) is 0 Å². The lowest BCUT2D eigenvalue weighted by atomic mass is 9.73. The van der Waals surface area contributed by atoms with Crippen LogP contribution in [0.15, 0.2) is 46.7 Å². The topological polar surface area (TPSA) is 283 Å². The minimum Gasteiger partial charge on any atom is -0.477 e. The number of likely N-dealkylation sites (N-methyl/N-ethyl adjacent to an activating group) is 1. The molecule has 0 spiro atoms. The van der Waals surface area contributed by atoms with Gasteiger partial charge in [-0.1, -0.05) is 44.7 Å². The predicted molar refractivity (Wildman–Crippen MR) is 303 cm³/mol. The van der Waals surface area contributed by atoms with Crippen molar-refractivity contribution in [2.24, 2.45) is 34.6 Å². The molecule has 2 aromatic heterocycles. The molecular weight excluding hydrogens is 1090 g/mol. The van der Waals surface area contributed by atoms with Crippen molar-refractivity contribution in [1.82, 2.24) is 19.4 Å². The molecule has 23 nitrogen and oxygen atoms in total. The first kappa shape index (κ1) is 63.3. The highest BCUT2D eigenvalue weighted by atomic mass is 19.1. The molecule has 1 aromatic carbocycles. The van der Waals surface area contributed by atoms with E-state index in [4.69, 9.17) is 43.7 Å². The number of aliphatic hydroxyl groups is 1. The van der Waals surface area contributed by atoms with Gasteiger partial charge >= 0.3 is 24.1 Å². The zero-order valence-corrected chi connectivity index (χ0v) is 49.7. The second-order valence-corrected chi connectivity index (χ2v) is 23.7. The number of carboxylic acid groups (broad SMARTS) is 1. The van der Waals surface area contributed by atoms with Crippen LogP contribution in [-0.4, -0.2) is 186 Å². The Bertz CT molecular complexity index is 3100. The molecule has 4 saturated heterocycles. The number of aromatic nitrogens is 2. The Balaban J connectivity index is 1.08. The standard InChI is InChI=1S/C60H80FN7O16/c1-12-46-60(8)53(83-58(76)84-60)34(4)48(64-78-23-13-14-37-25-38(54(62)72)30-63-29-37)32(2)28-59(7,77-11)52(82-57-50(71)45(65(9)10)24-33(3)79-57)35(5)51(36(6)56(75)80-46)81-47(69)17-18-66-19-21-67(22-20-66)44-27-43-40(26-42(44)61)49(70)41(55(73)74)31-68(43)39-15-16-39/h25-27,29-36,39,45-46,50-53,57,71H,12,15-24,28H2,1-11H3,(H2,62,72)(H,73,74)/b64-48+/t32-,33-,34+,35+,36-,45+,46-,50-,51+,52-,53-,57+,59-,60-/m1/s1. The molecule has 458 valence electrons. The third kappa shape index (κ3) is 13.7. The fourth-order valence-electron chi connectivity index (χ4n) is 12.6. The maximum atomic E-state index is 15.9. The van der Waals surface area contributed by atoms with Gasteiger partial charge in [0.2, 0.25) is 11.3 Å². The Hall–Kier alpha value is -6.75. The summed E-state index contributed by atoms with van der Waals surface area (Å²) in [6, 6.07) is 3.86. The Morgan fingerprint density at radius 1 is 1.00 bits per heavy atom. The maximum absolute atomic E-state index is 15.9. The van der Waals surface area contributed by atoms with Crippen LogP contribution in [-0.2, 0) is 47.6 Å². The van der Waals surface area contributed by atoms with Crippen LogP contribution in [0.4, 0.5) is 14.9 Å². The number of rotatable bonds is 15. The van der Waals surface area contributed by atoms with E-state index in [-0.39, 0.29) is 67.2 Å². The third-order valence-corrected chi connectivity index (χ3v) is 17.4. The number of anilines is 1. The Morgan fingerprint density at radius 3 is 2.36 bits per heavy atom. The van der Waals surface area contributed by atoms with Gasteiger partial charge in [-0.3, -0.25) is 29.1 Å². The summed E-state index contributed by atoms with van der Waals surface area (Å²) in [7, 11) is 5.21. The van der Waals surface area contributed by atoms with Gasteiger partial charge < -0.3 is 68.3 Å². The number of esters is 2.